The topological polar surface area (TPSA) is 3.24 Å². The number of nitrogens with zero attached hydrogens (tertiary/aromatic N) is 1. The Kier molecular flexibility index (Phi) is 7.08. The van der Waals surface area contributed by atoms with Crippen molar-refractivity contribution in [2.45, 2.75) is 34.6 Å². The number of rotatable bonds is 3. The lowest BCUT2D eigenvalue weighted by molar-refractivity contribution is 1.26. The molecule has 4 aromatic rings. The summed E-state index contributed by atoms with van der Waals surface area (Å²) in [6.07, 6.45) is 0. The molecule has 0 fully saturated rings. The van der Waals surface area contributed by atoms with E-state index >= 15 is 0 Å². The second-order valence-electron chi connectivity index (χ2n) is 8.00. The smallest absolute Gasteiger partial charge is 0.0461 e. The van der Waals surface area contributed by atoms with Crippen LogP contribution in [0, 0.1) is 34.6 Å². The largest absolute Gasteiger partial charge is 0.311 e. The van der Waals surface area contributed by atoms with Crippen LogP contribution < -0.4 is 4.90 Å². The standard InChI is InChI=1S/C21H21N.C8H10/c1-16-4-10-19(11-5-16)22(20-12-6-17(2)7-13-20)21-14-8-18(3)9-15-21;1-7-3-5-8(2)6-4-7/h4-15H,1-3H3;3-6H,1-2H3. The van der Waals surface area contributed by atoms with Crippen molar-refractivity contribution in [3.05, 3.63) is 125 Å². The quantitative estimate of drug-likeness (QED) is 0.338. The Labute approximate surface area is 181 Å². The second-order valence-corrected chi connectivity index (χ2v) is 8.00. The molecule has 0 amide bonds. The minimum atomic E-state index is 1.18. The zero-order valence-corrected chi connectivity index (χ0v) is 18.7. The van der Waals surface area contributed by atoms with Gasteiger partial charge in [0.05, 0.1) is 0 Å². The Morgan fingerprint density at radius 1 is 0.300 bits per heavy atom. The molecule has 0 saturated carbocycles. The van der Waals surface area contributed by atoms with Gasteiger partial charge in [0.1, 0.15) is 0 Å². The van der Waals surface area contributed by atoms with Gasteiger partial charge in [0.2, 0.25) is 0 Å². The van der Waals surface area contributed by atoms with E-state index in [-0.39, 0.29) is 0 Å². The van der Waals surface area contributed by atoms with Gasteiger partial charge >= 0.3 is 0 Å². The molecule has 1 nitrogen and oxygen atoms in total. The molecule has 0 aromatic heterocycles. The number of hydrogen-bond donors (Lipinski definition) is 0. The van der Waals surface area contributed by atoms with Crippen LogP contribution in [0.15, 0.2) is 97.1 Å². The highest BCUT2D eigenvalue weighted by Crippen LogP contribution is 2.34. The van der Waals surface area contributed by atoms with Gasteiger partial charge in [0.15, 0.2) is 0 Å². The zero-order valence-electron chi connectivity index (χ0n) is 18.7. The molecule has 0 aliphatic rings. The molecular weight excluding hydrogens is 362 g/mol. The van der Waals surface area contributed by atoms with Crippen molar-refractivity contribution in [2.75, 3.05) is 4.90 Å². The third kappa shape index (κ3) is 5.84. The molecule has 1 heteroatoms. The highest BCUT2D eigenvalue weighted by Gasteiger charge is 2.11. The molecule has 0 N–H and O–H groups in total. The fraction of sp³-hybridized carbons (Fsp3) is 0.172. The van der Waals surface area contributed by atoms with Crippen LogP contribution in [0.1, 0.15) is 27.8 Å². The van der Waals surface area contributed by atoms with E-state index in [9.17, 15) is 0 Å². The maximum absolute atomic E-state index is 2.29. The molecule has 0 atom stereocenters. The van der Waals surface area contributed by atoms with Crippen molar-refractivity contribution in [1.29, 1.82) is 0 Å². The predicted octanol–water partition coefficient (Wildman–Crippen LogP) is 8.39. The number of benzene rings is 4. The minimum Gasteiger partial charge on any atom is -0.311 e. The fourth-order valence-corrected chi connectivity index (χ4v) is 3.17. The second kappa shape index (κ2) is 9.93. The Balaban J connectivity index is 0.000000269. The van der Waals surface area contributed by atoms with E-state index in [0.29, 0.717) is 0 Å². The predicted molar refractivity (Wildman–Crippen MR) is 131 cm³/mol. The first-order valence-corrected chi connectivity index (χ1v) is 10.5. The summed E-state index contributed by atoms with van der Waals surface area (Å²) in [7, 11) is 0. The maximum Gasteiger partial charge on any atom is 0.0461 e. The molecule has 0 saturated heterocycles. The van der Waals surface area contributed by atoms with Crippen LogP contribution in [0.2, 0.25) is 0 Å². The normalized spacial score (nSPS) is 10.2. The van der Waals surface area contributed by atoms with Gasteiger partial charge in [0.25, 0.3) is 0 Å². The Morgan fingerprint density at radius 2 is 0.467 bits per heavy atom. The molecule has 4 aromatic carbocycles. The number of aryl methyl sites for hydroxylation is 5. The summed E-state index contributed by atoms with van der Waals surface area (Å²) < 4.78 is 0. The van der Waals surface area contributed by atoms with Gasteiger partial charge in [-0.3, -0.25) is 0 Å². The van der Waals surface area contributed by atoms with E-state index in [2.05, 4.69) is 137 Å². The maximum atomic E-state index is 2.29. The van der Waals surface area contributed by atoms with Gasteiger partial charge < -0.3 is 4.90 Å². The van der Waals surface area contributed by atoms with Crippen LogP contribution in [-0.4, -0.2) is 0 Å². The van der Waals surface area contributed by atoms with Crippen molar-refractivity contribution in [3.63, 3.8) is 0 Å². The van der Waals surface area contributed by atoms with E-state index < -0.39 is 0 Å². The lowest BCUT2D eigenvalue weighted by Gasteiger charge is -2.25. The molecule has 152 valence electrons. The molecule has 0 aliphatic heterocycles. The average molecular weight is 394 g/mol. The molecule has 0 aliphatic carbocycles. The van der Waals surface area contributed by atoms with E-state index in [1.807, 2.05) is 0 Å². The van der Waals surface area contributed by atoms with E-state index in [1.54, 1.807) is 0 Å². The van der Waals surface area contributed by atoms with Gasteiger partial charge in [-0.1, -0.05) is 88.5 Å². The zero-order chi connectivity index (χ0) is 21.5. The summed E-state index contributed by atoms with van der Waals surface area (Å²) in [4.78, 5) is 2.29. The lowest BCUT2D eigenvalue weighted by atomic mass is 10.1. The van der Waals surface area contributed by atoms with Crippen LogP contribution >= 0.6 is 0 Å². The van der Waals surface area contributed by atoms with Gasteiger partial charge in [-0.2, -0.15) is 0 Å². The highest BCUT2D eigenvalue weighted by molar-refractivity contribution is 5.76. The average Bonchev–Trinajstić information content (AvgIpc) is 2.75. The van der Waals surface area contributed by atoms with Crippen LogP contribution in [0.5, 0.6) is 0 Å². The highest BCUT2D eigenvalue weighted by atomic mass is 15.1. The summed E-state index contributed by atoms with van der Waals surface area (Å²) in [5.41, 5.74) is 10.0. The summed E-state index contributed by atoms with van der Waals surface area (Å²) >= 11 is 0. The summed E-state index contributed by atoms with van der Waals surface area (Å²) in [6.45, 7) is 10.5. The van der Waals surface area contributed by atoms with Crippen molar-refractivity contribution in [2.24, 2.45) is 0 Å². The molecule has 30 heavy (non-hydrogen) atoms. The van der Waals surface area contributed by atoms with Crippen molar-refractivity contribution in [1.82, 2.24) is 0 Å². The first kappa shape index (κ1) is 21.4. The third-order valence-electron chi connectivity index (χ3n) is 5.09. The number of hydrogen-bond acceptors (Lipinski definition) is 1. The molecule has 0 radical (unpaired) electrons. The Hall–Kier alpha value is -3.32. The fourth-order valence-electron chi connectivity index (χ4n) is 3.17. The molecule has 0 bridgehead atoms. The molecule has 0 unspecified atom stereocenters. The monoisotopic (exact) mass is 393 g/mol. The van der Waals surface area contributed by atoms with Gasteiger partial charge in [-0.05, 0) is 71.0 Å². The van der Waals surface area contributed by atoms with Crippen LogP contribution in [0.4, 0.5) is 17.1 Å². The van der Waals surface area contributed by atoms with E-state index in [0.717, 1.165) is 0 Å². The SMILES string of the molecule is Cc1ccc(C)cc1.Cc1ccc(N(c2ccc(C)cc2)c2ccc(C)cc2)cc1. The number of anilines is 3. The molecule has 0 spiro atoms. The minimum absolute atomic E-state index is 1.18. The Bertz CT molecular complexity index is 912. The summed E-state index contributed by atoms with van der Waals surface area (Å²) in [5, 5.41) is 0. The first-order valence-electron chi connectivity index (χ1n) is 10.5. The molecule has 4 rings (SSSR count). The van der Waals surface area contributed by atoms with Crippen LogP contribution in [0.3, 0.4) is 0 Å². The Morgan fingerprint density at radius 3 is 0.667 bits per heavy atom. The third-order valence-corrected chi connectivity index (χ3v) is 5.09. The van der Waals surface area contributed by atoms with Crippen LogP contribution in [-0.2, 0) is 0 Å². The first-order chi connectivity index (χ1) is 14.4. The molecular formula is C29H31N. The van der Waals surface area contributed by atoms with E-state index in [1.165, 1.54) is 44.9 Å². The van der Waals surface area contributed by atoms with Crippen LogP contribution in [0.25, 0.3) is 0 Å². The lowest BCUT2D eigenvalue weighted by Crippen LogP contribution is -2.09. The van der Waals surface area contributed by atoms with Crippen molar-refractivity contribution < 1.29 is 0 Å². The van der Waals surface area contributed by atoms with Crippen molar-refractivity contribution >= 4 is 17.1 Å². The van der Waals surface area contributed by atoms with Gasteiger partial charge in [0, 0.05) is 17.1 Å². The summed E-state index contributed by atoms with van der Waals surface area (Å²) in [5.74, 6) is 0. The summed E-state index contributed by atoms with van der Waals surface area (Å²) in [6, 6.07) is 34.5. The van der Waals surface area contributed by atoms with Crippen molar-refractivity contribution in [3.8, 4) is 0 Å². The van der Waals surface area contributed by atoms with Gasteiger partial charge in [-0.25, -0.2) is 0 Å². The van der Waals surface area contributed by atoms with E-state index in [4.69, 9.17) is 0 Å². The van der Waals surface area contributed by atoms with Gasteiger partial charge in [-0.15, -0.1) is 0 Å². The molecule has 0 heterocycles.